The van der Waals surface area contributed by atoms with E-state index in [1.807, 2.05) is 0 Å². The van der Waals surface area contributed by atoms with Crippen LogP contribution >= 0.6 is 23.2 Å². The lowest BCUT2D eigenvalue weighted by molar-refractivity contribution is 0.337. The van der Waals surface area contributed by atoms with Gasteiger partial charge in [0.1, 0.15) is 10.6 Å². The molecule has 27 heavy (non-hydrogen) atoms. The number of benzene rings is 2. The van der Waals surface area contributed by atoms with Crippen molar-refractivity contribution in [2.45, 2.75) is 11.4 Å². The molecule has 0 aliphatic carbocycles. The highest BCUT2D eigenvalue weighted by molar-refractivity contribution is 7.89. The predicted molar refractivity (Wildman–Crippen MR) is 101 cm³/mol. The van der Waals surface area contributed by atoms with Crippen molar-refractivity contribution in [1.29, 1.82) is 0 Å². The van der Waals surface area contributed by atoms with E-state index in [0.29, 0.717) is 17.1 Å². The van der Waals surface area contributed by atoms with Crippen LogP contribution in [0.15, 0.2) is 51.9 Å². The van der Waals surface area contributed by atoms with E-state index in [9.17, 15) is 8.42 Å². The molecule has 2 aromatic carbocycles. The third-order valence-corrected chi connectivity index (χ3v) is 6.28. The second kappa shape index (κ2) is 7.85. The number of ether oxygens (including phenoxy) is 1. The van der Waals surface area contributed by atoms with Gasteiger partial charge in [0.15, 0.2) is 0 Å². The second-order valence-corrected chi connectivity index (χ2v) is 8.43. The van der Waals surface area contributed by atoms with Gasteiger partial charge in [0, 0.05) is 17.6 Å². The number of halogens is 2. The van der Waals surface area contributed by atoms with Gasteiger partial charge in [-0.15, -0.1) is 0 Å². The van der Waals surface area contributed by atoms with Crippen LogP contribution in [0.4, 0.5) is 0 Å². The van der Waals surface area contributed by atoms with E-state index >= 15 is 0 Å². The Balaban J connectivity index is 1.80. The molecule has 142 valence electrons. The SMILES string of the molecule is COc1ccc(-c2noc(CN(C)S(=O)(=O)c3cc(Cl)ccc3Cl)n2)cc1. The maximum Gasteiger partial charge on any atom is 0.244 e. The zero-order valence-electron chi connectivity index (χ0n) is 14.4. The van der Waals surface area contributed by atoms with Crippen molar-refractivity contribution in [2.75, 3.05) is 14.2 Å². The summed E-state index contributed by atoms with van der Waals surface area (Å²) < 4.78 is 36.8. The lowest BCUT2D eigenvalue weighted by atomic mass is 10.2. The predicted octanol–water partition coefficient (Wildman–Crippen LogP) is 3.87. The van der Waals surface area contributed by atoms with Crippen LogP contribution in [0.1, 0.15) is 5.89 Å². The molecule has 0 saturated carbocycles. The summed E-state index contributed by atoms with van der Waals surface area (Å²) in [6, 6.07) is 11.3. The molecule has 1 aromatic heterocycles. The highest BCUT2D eigenvalue weighted by atomic mass is 35.5. The van der Waals surface area contributed by atoms with Crippen LogP contribution in [0.25, 0.3) is 11.4 Å². The first-order chi connectivity index (χ1) is 12.8. The largest absolute Gasteiger partial charge is 0.497 e. The lowest BCUT2D eigenvalue weighted by Gasteiger charge is -2.16. The third kappa shape index (κ3) is 4.24. The highest BCUT2D eigenvalue weighted by Gasteiger charge is 2.26. The fourth-order valence-electron chi connectivity index (χ4n) is 2.29. The Hall–Kier alpha value is -2.13. The smallest absolute Gasteiger partial charge is 0.244 e. The number of hydrogen-bond donors (Lipinski definition) is 0. The summed E-state index contributed by atoms with van der Waals surface area (Å²) in [6.45, 7) is -0.117. The molecule has 0 N–H and O–H groups in total. The van der Waals surface area contributed by atoms with Gasteiger partial charge >= 0.3 is 0 Å². The maximum atomic E-state index is 12.7. The minimum Gasteiger partial charge on any atom is -0.497 e. The van der Waals surface area contributed by atoms with Gasteiger partial charge in [-0.05, 0) is 42.5 Å². The average molecular weight is 428 g/mol. The third-order valence-electron chi connectivity index (χ3n) is 3.76. The molecule has 0 amide bonds. The van der Waals surface area contributed by atoms with Crippen LogP contribution in [-0.4, -0.2) is 37.0 Å². The van der Waals surface area contributed by atoms with E-state index in [4.69, 9.17) is 32.5 Å². The van der Waals surface area contributed by atoms with Crippen molar-refractivity contribution in [3.63, 3.8) is 0 Å². The Morgan fingerprint density at radius 3 is 2.52 bits per heavy atom. The van der Waals surface area contributed by atoms with Crippen molar-refractivity contribution in [2.24, 2.45) is 0 Å². The Labute approximate surface area is 166 Å². The topological polar surface area (TPSA) is 85.5 Å². The molecule has 0 atom stereocenters. The standard InChI is InChI=1S/C17H15Cl2N3O4S/c1-22(27(23,24)15-9-12(18)5-8-14(15)19)10-16-20-17(21-26-16)11-3-6-13(25-2)7-4-11/h3-9H,10H2,1-2H3. The Morgan fingerprint density at radius 1 is 1.15 bits per heavy atom. The number of sulfonamides is 1. The van der Waals surface area contributed by atoms with Gasteiger partial charge in [0.2, 0.25) is 21.7 Å². The minimum atomic E-state index is -3.88. The maximum absolute atomic E-state index is 12.7. The highest BCUT2D eigenvalue weighted by Crippen LogP contribution is 2.28. The Bertz CT molecular complexity index is 1050. The van der Waals surface area contributed by atoms with Crippen LogP contribution in [0.2, 0.25) is 10.0 Å². The summed E-state index contributed by atoms with van der Waals surface area (Å²) >= 11 is 11.9. The number of aromatic nitrogens is 2. The lowest BCUT2D eigenvalue weighted by Crippen LogP contribution is -2.27. The normalized spacial score (nSPS) is 11.7. The number of hydrogen-bond acceptors (Lipinski definition) is 6. The zero-order chi connectivity index (χ0) is 19.6. The molecule has 0 spiro atoms. The molecule has 7 nitrogen and oxygen atoms in total. The second-order valence-electron chi connectivity index (χ2n) is 5.58. The van der Waals surface area contributed by atoms with Gasteiger partial charge in [-0.2, -0.15) is 9.29 Å². The van der Waals surface area contributed by atoms with E-state index in [0.717, 1.165) is 4.31 Å². The quantitative estimate of drug-likeness (QED) is 0.593. The van der Waals surface area contributed by atoms with Crippen LogP contribution in [-0.2, 0) is 16.6 Å². The number of methoxy groups -OCH3 is 1. The molecule has 0 aliphatic rings. The summed E-state index contributed by atoms with van der Waals surface area (Å²) in [5.74, 6) is 1.19. The van der Waals surface area contributed by atoms with Crippen LogP contribution in [0, 0.1) is 0 Å². The van der Waals surface area contributed by atoms with Gasteiger partial charge in [-0.3, -0.25) is 0 Å². The molecular formula is C17H15Cl2N3O4S. The molecule has 0 aliphatic heterocycles. The van der Waals surface area contributed by atoms with Crippen LogP contribution in [0.3, 0.4) is 0 Å². The van der Waals surface area contributed by atoms with Crippen LogP contribution < -0.4 is 4.74 Å². The van der Waals surface area contributed by atoms with E-state index in [-0.39, 0.29) is 27.4 Å². The fourth-order valence-corrected chi connectivity index (χ4v) is 4.15. The van der Waals surface area contributed by atoms with Crippen molar-refractivity contribution in [1.82, 2.24) is 14.4 Å². The van der Waals surface area contributed by atoms with Gasteiger partial charge in [-0.25, -0.2) is 8.42 Å². The van der Waals surface area contributed by atoms with Crippen LogP contribution in [0.5, 0.6) is 5.75 Å². The zero-order valence-corrected chi connectivity index (χ0v) is 16.7. The monoisotopic (exact) mass is 427 g/mol. The van der Waals surface area contributed by atoms with E-state index < -0.39 is 10.0 Å². The molecule has 0 fully saturated rings. The van der Waals surface area contributed by atoms with Crippen molar-refractivity contribution >= 4 is 33.2 Å². The van der Waals surface area contributed by atoms with Gasteiger partial charge in [-0.1, -0.05) is 28.4 Å². The first-order valence-electron chi connectivity index (χ1n) is 7.69. The summed E-state index contributed by atoms with van der Waals surface area (Å²) in [6.07, 6.45) is 0. The molecule has 3 aromatic rings. The Kier molecular flexibility index (Phi) is 5.71. The molecule has 3 rings (SSSR count). The summed E-state index contributed by atoms with van der Waals surface area (Å²) in [5, 5.41) is 4.23. The van der Waals surface area contributed by atoms with Gasteiger partial charge < -0.3 is 9.26 Å². The molecule has 0 bridgehead atoms. The average Bonchev–Trinajstić information content (AvgIpc) is 3.12. The fraction of sp³-hybridized carbons (Fsp3) is 0.176. The van der Waals surface area contributed by atoms with Gasteiger partial charge in [0.05, 0.1) is 18.7 Å². The molecule has 0 unspecified atom stereocenters. The van der Waals surface area contributed by atoms with E-state index in [2.05, 4.69) is 10.1 Å². The summed E-state index contributed by atoms with van der Waals surface area (Å²) in [7, 11) is -0.916. The number of nitrogens with zero attached hydrogens (tertiary/aromatic N) is 3. The Morgan fingerprint density at radius 2 is 1.85 bits per heavy atom. The summed E-state index contributed by atoms with van der Waals surface area (Å²) in [4.78, 5) is 4.15. The van der Waals surface area contributed by atoms with E-state index in [1.165, 1.54) is 25.2 Å². The van der Waals surface area contributed by atoms with Crippen molar-refractivity contribution in [3.05, 3.63) is 58.4 Å². The molecule has 0 radical (unpaired) electrons. The molecule has 1 heterocycles. The molecule has 10 heteroatoms. The number of rotatable bonds is 6. The van der Waals surface area contributed by atoms with Crippen molar-refractivity contribution < 1.29 is 17.7 Å². The molecule has 0 saturated heterocycles. The first-order valence-corrected chi connectivity index (χ1v) is 9.89. The minimum absolute atomic E-state index is 0.0794. The molecular weight excluding hydrogens is 413 g/mol. The van der Waals surface area contributed by atoms with Crippen molar-refractivity contribution in [3.8, 4) is 17.1 Å². The van der Waals surface area contributed by atoms with E-state index in [1.54, 1.807) is 31.4 Å². The first kappa shape index (κ1) is 19.6. The summed E-state index contributed by atoms with van der Waals surface area (Å²) in [5.41, 5.74) is 0.717. The van der Waals surface area contributed by atoms with Gasteiger partial charge in [0.25, 0.3) is 0 Å².